The SMILES string of the molecule is CCNC(=NCC(CCO)CC(C)C)NCCS(=O)(=O)Nc1ccc(C)c(F)c1.I. The molecule has 0 heterocycles. The van der Waals surface area contributed by atoms with Gasteiger partial charge in [0, 0.05) is 26.2 Å². The van der Waals surface area contributed by atoms with Gasteiger partial charge in [0.15, 0.2) is 5.96 Å². The maximum absolute atomic E-state index is 13.6. The molecule has 1 atom stereocenters. The minimum atomic E-state index is -3.63. The molecule has 0 saturated carbocycles. The maximum Gasteiger partial charge on any atom is 0.234 e. The fourth-order valence-electron chi connectivity index (χ4n) is 2.89. The molecule has 0 aliphatic heterocycles. The van der Waals surface area contributed by atoms with Crippen LogP contribution >= 0.6 is 24.0 Å². The summed E-state index contributed by atoms with van der Waals surface area (Å²) in [7, 11) is -3.63. The van der Waals surface area contributed by atoms with Crippen molar-refractivity contribution in [2.24, 2.45) is 16.8 Å². The second-order valence-corrected chi connectivity index (χ2v) is 9.38. The second kappa shape index (κ2) is 14.8. The van der Waals surface area contributed by atoms with Crippen LogP contribution in [0.25, 0.3) is 0 Å². The standard InChI is InChI=1S/C20H35FN4O3S.HI/c1-5-22-20(24-14-17(8-10-26)12-15(2)3)23-9-11-29(27,28)25-18-7-6-16(4)19(21)13-18;/h6-7,13,15,17,25-26H,5,8-12,14H2,1-4H3,(H2,22,23,24);1H. The van der Waals surface area contributed by atoms with Crippen LogP contribution in [0.3, 0.4) is 0 Å². The highest BCUT2D eigenvalue weighted by Gasteiger charge is 2.13. The average Bonchev–Trinajstić information content (AvgIpc) is 2.62. The number of nitrogens with one attached hydrogen (secondary N) is 3. The Kier molecular flexibility index (Phi) is 14.2. The summed E-state index contributed by atoms with van der Waals surface area (Å²) in [6, 6.07) is 4.23. The van der Waals surface area contributed by atoms with Gasteiger partial charge in [0.1, 0.15) is 5.82 Å². The Morgan fingerprint density at radius 1 is 1.27 bits per heavy atom. The van der Waals surface area contributed by atoms with E-state index < -0.39 is 15.8 Å². The fourth-order valence-corrected chi connectivity index (χ4v) is 3.84. The average molecular weight is 559 g/mol. The zero-order chi connectivity index (χ0) is 21.9. The van der Waals surface area contributed by atoms with E-state index in [1.54, 1.807) is 6.92 Å². The van der Waals surface area contributed by atoms with Crippen molar-refractivity contribution in [3.05, 3.63) is 29.6 Å². The Hall–Kier alpha value is -1.14. The Bertz CT molecular complexity index is 760. The Balaban J connectivity index is 0.00000841. The molecule has 1 unspecified atom stereocenters. The summed E-state index contributed by atoms with van der Waals surface area (Å²) in [4.78, 5) is 4.53. The Labute approximate surface area is 197 Å². The number of hydrogen-bond acceptors (Lipinski definition) is 4. The molecule has 0 aromatic heterocycles. The second-order valence-electron chi connectivity index (χ2n) is 7.54. The van der Waals surface area contributed by atoms with Crippen molar-refractivity contribution in [3.8, 4) is 0 Å². The number of aliphatic imine (C=N–C) groups is 1. The molecular formula is C20H36FIN4O3S. The van der Waals surface area contributed by atoms with E-state index in [1.807, 2.05) is 6.92 Å². The minimum Gasteiger partial charge on any atom is -0.396 e. The van der Waals surface area contributed by atoms with Crippen LogP contribution < -0.4 is 15.4 Å². The molecule has 0 amide bonds. The summed E-state index contributed by atoms with van der Waals surface area (Å²) >= 11 is 0. The molecule has 0 spiro atoms. The quantitative estimate of drug-likeness (QED) is 0.180. The van der Waals surface area contributed by atoms with Crippen molar-refractivity contribution in [2.75, 3.05) is 36.7 Å². The monoisotopic (exact) mass is 558 g/mol. The molecule has 0 aliphatic rings. The first kappa shape index (κ1) is 28.9. The number of aryl methyl sites for hydroxylation is 1. The number of anilines is 1. The van der Waals surface area contributed by atoms with Crippen molar-refractivity contribution in [1.29, 1.82) is 0 Å². The molecule has 0 bridgehead atoms. The van der Waals surface area contributed by atoms with Crippen molar-refractivity contribution >= 4 is 45.6 Å². The van der Waals surface area contributed by atoms with Crippen molar-refractivity contribution in [3.63, 3.8) is 0 Å². The van der Waals surface area contributed by atoms with E-state index in [9.17, 15) is 17.9 Å². The summed E-state index contributed by atoms with van der Waals surface area (Å²) in [5.74, 6) is 0.691. The first-order valence-electron chi connectivity index (χ1n) is 10.1. The molecule has 1 rings (SSSR count). The van der Waals surface area contributed by atoms with E-state index in [0.29, 0.717) is 37.0 Å². The predicted molar refractivity (Wildman–Crippen MR) is 133 cm³/mol. The number of nitrogens with zero attached hydrogens (tertiary/aromatic N) is 1. The molecule has 1 aromatic rings. The van der Waals surface area contributed by atoms with Crippen LogP contribution in [0.1, 0.15) is 39.2 Å². The van der Waals surface area contributed by atoms with E-state index >= 15 is 0 Å². The van der Waals surface area contributed by atoms with Crippen LogP contribution in [-0.4, -0.2) is 51.5 Å². The zero-order valence-corrected chi connectivity index (χ0v) is 21.4. The predicted octanol–water partition coefficient (Wildman–Crippen LogP) is 3.09. The van der Waals surface area contributed by atoms with Gasteiger partial charge in [-0.3, -0.25) is 9.71 Å². The van der Waals surface area contributed by atoms with Crippen LogP contribution in [0.15, 0.2) is 23.2 Å². The third-order valence-corrected chi connectivity index (χ3v) is 5.59. The lowest BCUT2D eigenvalue weighted by molar-refractivity contribution is 0.245. The Morgan fingerprint density at radius 2 is 1.97 bits per heavy atom. The highest BCUT2D eigenvalue weighted by molar-refractivity contribution is 14.0. The van der Waals surface area contributed by atoms with E-state index in [1.165, 1.54) is 18.2 Å². The summed E-state index contributed by atoms with van der Waals surface area (Å²) in [6.45, 7) is 9.30. The largest absolute Gasteiger partial charge is 0.396 e. The van der Waals surface area contributed by atoms with Gasteiger partial charge in [0.2, 0.25) is 10.0 Å². The van der Waals surface area contributed by atoms with Crippen LogP contribution in [0.4, 0.5) is 10.1 Å². The van der Waals surface area contributed by atoms with Crippen molar-refractivity contribution < 1.29 is 17.9 Å². The zero-order valence-electron chi connectivity index (χ0n) is 18.2. The van der Waals surface area contributed by atoms with E-state index in [-0.39, 0.29) is 54.5 Å². The van der Waals surface area contributed by atoms with Gasteiger partial charge in [-0.05, 0) is 56.2 Å². The van der Waals surface area contributed by atoms with Gasteiger partial charge in [0.25, 0.3) is 0 Å². The number of benzene rings is 1. The summed E-state index contributed by atoms with van der Waals surface area (Å²) in [6.07, 6.45) is 1.65. The minimum absolute atomic E-state index is 0. The van der Waals surface area contributed by atoms with E-state index in [4.69, 9.17) is 0 Å². The Morgan fingerprint density at radius 3 is 2.53 bits per heavy atom. The molecule has 0 saturated heterocycles. The van der Waals surface area contributed by atoms with Gasteiger partial charge in [-0.15, -0.1) is 24.0 Å². The van der Waals surface area contributed by atoms with Gasteiger partial charge in [-0.2, -0.15) is 0 Å². The van der Waals surface area contributed by atoms with Crippen molar-refractivity contribution in [1.82, 2.24) is 10.6 Å². The number of aliphatic hydroxyl groups excluding tert-OH is 1. The third-order valence-electron chi connectivity index (χ3n) is 4.30. The van der Waals surface area contributed by atoms with E-state index in [0.717, 1.165) is 6.42 Å². The summed E-state index contributed by atoms with van der Waals surface area (Å²) in [5, 5.41) is 15.3. The molecule has 1 aromatic carbocycles. The van der Waals surface area contributed by atoms with Crippen LogP contribution in [0.5, 0.6) is 0 Å². The molecular weight excluding hydrogens is 522 g/mol. The molecule has 0 fully saturated rings. The maximum atomic E-state index is 13.6. The number of rotatable bonds is 12. The fraction of sp³-hybridized carbons (Fsp3) is 0.650. The van der Waals surface area contributed by atoms with Crippen molar-refractivity contribution in [2.45, 2.75) is 40.5 Å². The highest BCUT2D eigenvalue weighted by Crippen LogP contribution is 2.16. The smallest absolute Gasteiger partial charge is 0.234 e. The lowest BCUT2D eigenvalue weighted by Crippen LogP contribution is -2.40. The third kappa shape index (κ3) is 11.9. The molecule has 10 heteroatoms. The van der Waals surface area contributed by atoms with Crippen LogP contribution in [0.2, 0.25) is 0 Å². The van der Waals surface area contributed by atoms with Crippen LogP contribution in [-0.2, 0) is 10.0 Å². The molecule has 0 radical (unpaired) electrons. The van der Waals surface area contributed by atoms with Gasteiger partial charge >= 0.3 is 0 Å². The summed E-state index contributed by atoms with van der Waals surface area (Å²) < 4.78 is 40.5. The highest BCUT2D eigenvalue weighted by atomic mass is 127. The number of guanidine groups is 1. The van der Waals surface area contributed by atoms with Gasteiger partial charge in [-0.25, -0.2) is 12.8 Å². The summed E-state index contributed by atoms with van der Waals surface area (Å²) in [5.41, 5.74) is 0.660. The number of aliphatic hydroxyl groups is 1. The number of hydrogen-bond donors (Lipinski definition) is 4. The van der Waals surface area contributed by atoms with Gasteiger partial charge < -0.3 is 15.7 Å². The first-order valence-corrected chi connectivity index (χ1v) is 11.7. The lowest BCUT2D eigenvalue weighted by atomic mass is 9.94. The molecule has 30 heavy (non-hydrogen) atoms. The van der Waals surface area contributed by atoms with Gasteiger partial charge in [-0.1, -0.05) is 19.9 Å². The lowest BCUT2D eigenvalue weighted by Gasteiger charge is -2.17. The van der Waals surface area contributed by atoms with Gasteiger partial charge in [0.05, 0.1) is 11.4 Å². The molecule has 0 aliphatic carbocycles. The van der Waals surface area contributed by atoms with E-state index in [2.05, 4.69) is 34.2 Å². The molecule has 4 N–H and O–H groups in total. The number of halogens is 2. The first-order chi connectivity index (χ1) is 13.7. The molecule has 174 valence electrons. The topological polar surface area (TPSA) is 103 Å². The number of sulfonamides is 1. The normalized spacial score (nSPS) is 13.0. The van der Waals surface area contributed by atoms with Crippen LogP contribution in [0, 0.1) is 24.6 Å². The molecule has 7 nitrogen and oxygen atoms in total.